The first-order chi connectivity index (χ1) is 11.2. The van der Waals surface area contributed by atoms with Gasteiger partial charge in [-0.25, -0.2) is 4.99 Å². The van der Waals surface area contributed by atoms with Crippen molar-refractivity contribution in [2.24, 2.45) is 10.7 Å². The summed E-state index contributed by atoms with van der Waals surface area (Å²) in [6.07, 6.45) is -2.27. The minimum absolute atomic E-state index is 0.0108. The molecule has 1 aromatic heterocycles. The average molecular weight is 344 g/mol. The van der Waals surface area contributed by atoms with E-state index in [0.717, 1.165) is 11.9 Å². The molecule has 2 aliphatic rings. The number of guanidine groups is 1. The molecule has 3 heterocycles. The Morgan fingerprint density at radius 3 is 2.96 bits per heavy atom. The van der Waals surface area contributed by atoms with Gasteiger partial charge in [-0.1, -0.05) is 6.92 Å². The van der Waals surface area contributed by atoms with Crippen LogP contribution in [0.4, 0.5) is 18.9 Å². The second-order valence-corrected chi connectivity index (χ2v) is 5.74. The Morgan fingerprint density at radius 2 is 2.29 bits per heavy atom. The normalized spacial score (nSPS) is 27.0. The molecule has 0 aromatic carbocycles. The number of nitrogens with one attached hydrogen (secondary N) is 2. The van der Waals surface area contributed by atoms with Crippen molar-refractivity contribution in [3.05, 3.63) is 23.7 Å². The highest BCUT2D eigenvalue weighted by molar-refractivity contribution is 5.96. The van der Waals surface area contributed by atoms with Crippen LogP contribution in [0.2, 0.25) is 0 Å². The number of aromatic nitrogens is 2. The van der Waals surface area contributed by atoms with E-state index >= 15 is 0 Å². The minimum Gasteiger partial charge on any atom is -0.370 e. The van der Waals surface area contributed by atoms with Gasteiger partial charge >= 0.3 is 6.18 Å². The number of hydrogen-bond acceptors (Lipinski definition) is 6. The van der Waals surface area contributed by atoms with Crippen molar-refractivity contribution in [3.63, 3.8) is 0 Å². The molecule has 0 amide bonds. The summed E-state index contributed by atoms with van der Waals surface area (Å²) in [5, 5.41) is 9.74. The van der Waals surface area contributed by atoms with Gasteiger partial charge in [-0.2, -0.15) is 18.3 Å². The van der Waals surface area contributed by atoms with Gasteiger partial charge in [0.25, 0.3) is 0 Å². The monoisotopic (exact) mass is 344 g/mol. The van der Waals surface area contributed by atoms with Crippen LogP contribution in [0.5, 0.6) is 0 Å². The average Bonchev–Trinajstić information content (AvgIpc) is 2.90. The Kier molecular flexibility index (Phi) is 4.04. The van der Waals surface area contributed by atoms with Gasteiger partial charge in [-0.05, 0) is 13.3 Å². The van der Waals surface area contributed by atoms with Gasteiger partial charge in [-0.15, -0.1) is 0 Å². The molecule has 132 valence electrons. The molecule has 0 aliphatic carbocycles. The summed E-state index contributed by atoms with van der Waals surface area (Å²) in [6.45, 7) is 4.63. The summed E-state index contributed by atoms with van der Waals surface area (Å²) in [5.74, 6) is 0.140. The van der Waals surface area contributed by atoms with Crippen molar-refractivity contribution in [2.75, 3.05) is 11.9 Å². The van der Waals surface area contributed by atoms with Crippen LogP contribution in [-0.4, -0.2) is 34.2 Å². The van der Waals surface area contributed by atoms with E-state index in [-0.39, 0.29) is 18.5 Å². The van der Waals surface area contributed by atoms with E-state index in [9.17, 15) is 13.2 Å². The summed E-state index contributed by atoms with van der Waals surface area (Å²) in [6, 6.07) is 0. The Labute approximate surface area is 136 Å². The predicted molar refractivity (Wildman–Crippen MR) is 82.1 cm³/mol. The van der Waals surface area contributed by atoms with Crippen LogP contribution >= 0.6 is 0 Å². The van der Waals surface area contributed by atoms with Crippen LogP contribution in [0.1, 0.15) is 32.1 Å². The number of nitrogens with two attached hydrogens (primary N) is 1. The number of alkyl halides is 3. The Morgan fingerprint density at radius 1 is 1.54 bits per heavy atom. The zero-order valence-corrected chi connectivity index (χ0v) is 13.3. The van der Waals surface area contributed by atoms with E-state index in [1.165, 1.54) is 0 Å². The third-order valence-corrected chi connectivity index (χ3v) is 4.16. The maximum atomic E-state index is 13.1. The molecule has 0 fully saturated rings. The summed E-state index contributed by atoms with van der Waals surface area (Å²) in [7, 11) is 0. The third kappa shape index (κ3) is 2.86. The highest BCUT2D eigenvalue weighted by Crippen LogP contribution is 2.36. The number of aliphatic imine (C=N–C) groups is 1. The summed E-state index contributed by atoms with van der Waals surface area (Å²) in [5.41, 5.74) is 4.57. The minimum atomic E-state index is -4.55. The number of hydrogen-bond donors (Lipinski definition) is 3. The lowest BCUT2D eigenvalue weighted by molar-refractivity contribution is -0.101. The van der Waals surface area contributed by atoms with Gasteiger partial charge in [0.2, 0.25) is 5.96 Å². The summed E-state index contributed by atoms with van der Waals surface area (Å²) in [4.78, 5) is 4.04. The van der Waals surface area contributed by atoms with Gasteiger partial charge in [0, 0.05) is 6.20 Å². The molecule has 0 spiro atoms. The zero-order valence-electron chi connectivity index (χ0n) is 13.3. The lowest BCUT2D eigenvalue weighted by Gasteiger charge is -2.32. The first-order valence-electron chi connectivity index (χ1n) is 7.62. The van der Waals surface area contributed by atoms with Gasteiger partial charge in [-0.3, -0.25) is 4.68 Å². The third-order valence-electron chi connectivity index (χ3n) is 4.16. The van der Waals surface area contributed by atoms with Crippen LogP contribution in [0.25, 0.3) is 0 Å². The number of halogens is 3. The maximum Gasteiger partial charge on any atom is 0.417 e. The highest BCUT2D eigenvalue weighted by atomic mass is 19.4. The molecule has 0 radical (unpaired) electrons. The molecule has 2 unspecified atom stereocenters. The molecule has 2 atom stereocenters. The van der Waals surface area contributed by atoms with Crippen LogP contribution in [0, 0.1) is 0 Å². The first-order valence-corrected chi connectivity index (χ1v) is 7.62. The Hall–Kier alpha value is -2.07. The van der Waals surface area contributed by atoms with Crippen LogP contribution in [-0.2, 0) is 11.3 Å². The number of nitrogens with zero attached hydrogens (tertiary/aromatic N) is 3. The quantitative estimate of drug-likeness (QED) is 0.762. The van der Waals surface area contributed by atoms with E-state index in [4.69, 9.17) is 10.5 Å². The fraction of sp³-hybridized carbons (Fsp3) is 0.571. The first kappa shape index (κ1) is 16.8. The van der Waals surface area contributed by atoms with Crippen LogP contribution in [0.15, 0.2) is 23.0 Å². The lowest BCUT2D eigenvalue weighted by Crippen LogP contribution is -2.51. The second kappa shape index (κ2) is 5.78. The van der Waals surface area contributed by atoms with Crippen molar-refractivity contribution in [3.8, 4) is 0 Å². The molecule has 4 N–H and O–H groups in total. The summed E-state index contributed by atoms with van der Waals surface area (Å²) >= 11 is 0. The molecular weight excluding hydrogens is 325 g/mol. The molecule has 3 rings (SSSR count). The summed E-state index contributed by atoms with van der Waals surface area (Å²) < 4.78 is 46.7. The molecule has 7 nitrogen and oxygen atoms in total. The van der Waals surface area contributed by atoms with E-state index in [0.29, 0.717) is 18.8 Å². The van der Waals surface area contributed by atoms with Crippen molar-refractivity contribution in [1.29, 1.82) is 0 Å². The largest absolute Gasteiger partial charge is 0.417 e. The molecule has 1 aromatic rings. The molecule has 0 bridgehead atoms. The molecular formula is C14H19F3N6O. The van der Waals surface area contributed by atoms with Gasteiger partial charge in [0.15, 0.2) is 0 Å². The van der Waals surface area contributed by atoms with Crippen molar-refractivity contribution in [1.82, 2.24) is 15.1 Å². The fourth-order valence-corrected chi connectivity index (χ4v) is 2.84. The molecule has 10 heteroatoms. The number of ether oxygens (including phenoxy) is 1. The molecule has 0 saturated heterocycles. The number of anilines is 1. The SMILES string of the molecule is CCC1(N)N=C(Nc2cnn3c2C(C)OCC3)NC=C1C(F)(F)F. The second-order valence-electron chi connectivity index (χ2n) is 5.74. The van der Waals surface area contributed by atoms with Crippen molar-refractivity contribution >= 4 is 11.6 Å². The van der Waals surface area contributed by atoms with Crippen molar-refractivity contribution in [2.45, 2.75) is 44.8 Å². The van der Waals surface area contributed by atoms with E-state index < -0.39 is 17.4 Å². The van der Waals surface area contributed by atoms with Crippen molar-refractivity contribution < 1.29 is 17.9 Å². The van der Waals surface area contributed by atoms with E-state index in [1.807, 2.05) is 6.92 Å². The number of fused-ring (bicyclic) bond motifs is 1. The topological polar surface area (TPSA) is 89.5 Å². The smallest absolute Gasteiger partial charge is 0.370 e. The fourth-order valence-electron chi connectivity index (χ4n) is 2.84. The van der Waals surface area contributed by atoms with E-state index in [1.54, 1.807) is 17.8 Å². The predicted octanol–water partition coefficient (Wildman–Crippen LogP) is 1.86. The van der Waals surface area contributed by atoms with Gasteiger partial charge < -0.3 is 21.1 Å². The van der Waals surface area contributed by atoms with E-state index in [2.05, 4.69) is 20.7 Å². The number of rotatable bonds is 2. The van der Waals surface area contributed by atoms with Crippen LogP contribution in [0.3, 0.4) is 0 Å². The lowest BCUT2D eigenvalue weighted by atomic mass is 9.97. The highest BCUT2D eigenvalue weighted by Gasteiger charge is 2.47. The molecule has 0 saturated carbocycles. The zero-order chi connectivity index (χ0) is 17.5. The van der Waals surface area contributed by atoms with Crippen LogP contribution < -0.4 is 16.4 Å². The maximum absolute atomic E-state index is 13.1. The Balaban J connectivity index is 1.87. The van der Waals surface area contributed by atoms with Gasteiger partial charge in [0.05, 0.1) is 42.4 Å². The Bertz CT molecular complexity index is 695. The standard InChI is InChI=1S/C14H19F3N6O/c1-3-13(18)10(14(15,16)17)7-19-12(22-13)21-9-6-20-23-4-5-24-8(2)11(9)23/h6-8H,3-5,18H2,1-2H3,(H2,19,21,22). The molecule has 24 heavy (non-hydrogen) atoms. The molecule has 2 aliphatic heterocycles. The van der Waals surface area contributed by atoms with Gasteiger partial charge in [0.1, 0.15) is 5.66 Å².